The Bertz CT molecular complexity index is 320. The Morgan fingerprint density at radius 2 is 2.27 bits per heavy atom. The minimum atomic E-state index is 0.647. The van der Waals surface area contributed by atoms with Gasteiger partial charge in [0, 0.05) is 11.1 Å². The molecule has 0 radical (unpaired) electrons. The van der Waals surface area contributed by atoms with Crippen molar-refractivity contribution >= 4 is 11.6 Å². The van der Waals surface area contributed by atoms with Crippen LogP contribution in [0.15, 0.2) is 24.3 Å². The third kappa shape index (κ3) is 3.22. The smallest absolute Gasteiger partial charge is 0.0408 e. The molecule has 1 aromatic carbocycles. The largest absolute Gasteiger partial charge is 0.314 e. The first-order chi connectivity index (χ1) is 7.29. The molecule has 0 aliphatic heterocycles. The number of benzene rings is 1. The van der Waals surface area contributed by atoms with E-state index in [9.17, 15) is 0 Å². The molecule has 1 fully saturated rings. The van der Waals surface area contributed by atoms with Gasteiger partial charge in [-0.3, -0.25) is 0 Å². The number of rotatable bonds is 5. The van der Waals surface area contributed by atoms with Gasteiger partial charge in [-0.2, -0.15) is 0 Å². The molecule has 1 aliphatic rings. The topological polar surface area (TPSA) is 12.0 Å². The molecule has 1 unspecified atom stereocenters. The molecule has 15 heavy (non-hydrogen) atoms. The van der Waals surface area contributed by atoms with Gasteiger partial charge in [-0.1, -0.05) is 30.7 Å². The minimum absolute atomic E-state index is 0.647. The van der Waals surface area contributed by atoms with Crippen LogP contribution in [-0.2, 0) is 6.42 Å². The zero-order chi connectivity index (χ0) is 10.7. The van der Waals surface area contributed by atoms with Gasteiger partial charge in [-0.25, -0.2) is 0 Å². The molecule has 1 N–H and O–H groups in total. The van der Waals surface area contributed by atoms with Gasteiger partial charge >= 0.3 is 0 Å². The van der Waals surface area contributed by atoms with E-state index in [4.69, 9.17) is 11.6 Å². The molecule has 1 atom stereocenters. The Hall–Kier alpha value is -0.530. The lowest BCUT2D eigenvalue weighted by molar-refractivity contribution is 0.472. The van der Waals surface area contributed by atoms with E-state index < -0.39 is 0 Å². The molecular weight excluding hydrogens is 206 g/mol. The van der Waals surface area contributed by atoms with Crippen molar-refractivity contribution in [3.63, 3.8) is 0 Å². The van der Waals surface area contributed by atoms with Crippen molar-refractivity contribution in [2.24, 2.45) is 5.92 Å². The fraction of sp³-hybridized carbons (Fsp3) is 0.538. The summed E-state index contributed by atoms with van der Waals surface area (Å²) in [4.78, 5) is 0. The molecule has 1 saturated carbocycles. The van der Waals surface area contributed by atoms with Gasteiger partial charge in [0.15, 0.2) is 0 Å². The SMILES string of the molecule is CCNC(Cc1cccc(Cl)c1)C1CC1. The van der Waals surface area contributed by atoms with E-state index in [2.05, 4.69) is 24.4 Å². The summed E-state index contributed by atoms with van der Waals surface area (Å²) < 4.78 is 0. The maximum absolute atomic E-state index is 5.98. The van der Waals surface area contributed by atoms with Crippen molar-refractivity contribution in [2.75, 3.05) is 6.54 Å². The van der Waals surface area contributed by atoms with E-state index >= 15 is 0 Å². The standard InChI is InChI=1S/C13H18ClN/c1-2-15-13(11-6-7-11)9-10-4-3-5-12(14)8-10/h3-5,8,11,13,15H,2,6-7,9H2,1H3. The first-order valence-electron chi connectivity index (χ1n) is 5.77. The van der Waals surface area contributed by atoms with Crippen molar-refractivity contribution in [3.8, 4) is 0 Å². The number of nitrogens with one attached hydrogen (secondary N) is 1. The summed E-state index contributed by atoms with van der Waals surface area (Å²) in [5.41, 5.74) is 1.35. The number of halogens is 1. The van der Waals surface area contributed by atoms with Crippen molar-refractivity contribution in [1.29, 1.82) is 0 Å². The molecule has 1 nitrogen and oxygen atoms in total. The number of likely N-dealkylation sites (N-methyl/N-ethyl adjacent to an activating group) is 1. The quantitative estimate of drug-likeness (QED) is 0.808. The predicted octanol–water partition coefficient (Wildman–Crippen LogP) is 3.27. The van der Waals surface area contributed by atoms with Gasteiger partial charge in [0.05, 0.1) is 0 Å². The number of hydrogen-bond donors (Lipinski definition) is 1. The molecule has 0 saturated heterocycles. The Morgan fingerprint density at radius 3 is 2.87 bits per heavy atom. The monoisotopic (exact) mass is 223 g/mol. The Labute approximate surface area is 96.8 Å². The van der Waals surface area contributed by atoms with E-state index in [0.717, 1.165) is 23.9 Å². The van der Waals surface area contributed by atoms with E-state index in [-0.39, 0.29) is 0 Å². The molecule has 0 amide bonds. The van der Waals surface area contributed by atoms with Crippen molar-refractivity contribution < 1.29 is 0 Å². The van der Waals surface area contributed by atoms with Crippen LogP contribution < -0.4 is 5.32 Å². The van der Waals surface area contributed by atoms with Gasteiger partial charge in [0.1, 0.15) is 0 Å². The number of hydrogen-bond acceptors (Lipinski definition) is 1. The van der Waals surface area contributed by atoms with Crippen LogP contribution in [0.3, 0.4) is 0 Å². The van der Waals surface area contributed by atoms with Crippen LogP contribution >= 0.6 is 11.6 Å². The van der Waals surface area contributed by atoms with Gasteiger partial charge in [-0.05, 0) is 49.4 Å². The Kier molecular flexibility index (Phi) is 3.66. The van der Waals surface area contributed by atoms with Crippen LogP contribution in [-0.4, -0.2) is 12.6 Å². The molecule has 82 valence electrons. The second-order valence-corrected chi connectivity index (χ2v) is 4.77. The molecule has 2 heteroatoms. The first-order valence-corrected chi connectivity index (χ1v) is 6.15. The highest BCUT2D eigenvalue weighted by Gasteiger charge is 2.30. The lowest BCUT2D eigenvalue weighted by Crippen LogP contribution is -2.32. The Balaban J connectivity index is 1.98. The van der Waals surface area contributed by atoms with E-state index in [1.54, 1.807) is 0 Å². The summed E-state index contributed by atoms with van der Waals surface area (Å²) in [5, 5.41) is 4.42. The molecular formula is C13H18ClN. The first kappa shape index (κ1) is 11.0. The van der Waals surface area contributed by atoms with Crippen molar-refractivity contribution in [3.05, 3.63) is 34.9 Å². The summed E-state index contributed by atoms with van der Waals surface area (Å²) in [7, 11) is 0. The van der Waals surface area contributed by atoms with Crippen LogP contribution in [0.4, 0.5) is 0 Å². The fourth-order valence-corrected chi connectivity index (χ4v) is 2.30. The highest BCUT2D eigenvalue weighted by atomic mass is 35.5. The highest BCUT2D eigenvalue weighted by Crippen LogP contribution is 2.34. The lowest BCUT2D eigenvalue weighted by atomic mass is 10.0. The normalized spacial score (nSPS) is 17.7. The van der Waals surface area contributed by atoms with E-state index in [0.29, 0.717) is 6.04 Å². The second-order valence-electron chi connectivity index (χ2n) is 4.34. The summed E-state index contributed by atoms with van der Waals surface area (Å²) in [6, 6.07) is 8.86. The zero-order valence-corrected chi connectivity index (χ0v) is 9.93. The summed E-state index contributed by atoms with van der Waals surface area (Å²) >= 11 is 5.98. The molecule has 1 aromatic rings. The minimum Gasteiger partial charge on any atom is -0.314 e. The Morgan fingerprint density at radius 1 is 1.47 bits per heavy atom. The van der Waals surface area contributed by atoms with Crippen LogP contribution in [0.5, 0.6) is 0 Å². The summed E-state index contributed by atoms with van der Waals surface area (Å²) in [6.07, 6.45) is 3.88. The second kappa shape index (κ2) is 5.00. The van der Waals surface area contributed by atoms with Crippen LogP contribution in [0.25, 0.3) is 0 Å². The third-order valence-corrected chi connectivity index (χ3v) is 3.24. The lowest BCUT2D eigenvalue weighted by Gasteiger charge is -2.17. The molecule has 0 aromatic heterocycles. The predicted molar refractivity (Wildman–Crippen MR) is 65.3 cm³/mol. The third-order valence-electron chi connectivity index (χ3n) is 3.00. The molecule has 0 bridgehead atoms. The summed E-state index contributed by atoms with van der Waals surface area (Å²) in [6.45, 7) is 3.23. The molecule has 1 aliphatic carbocycles. The molecule has 0 spiro atoms. The van der Waals surface area contributed by atoms with Gasteiger partial charge in [0.25, 0.3) is 0 Å². The molecule has 2 rings (SSSR count). The average Bonchev–Trinajstić information content (AvgIpc) is 3.00. The van der Waals surface area contributed by atoms with Crippen molar-refractivity contribution in [2.45, 2.75) is 32.2 Å². The maximum atomic E-state index is 5.98. The average molecular weight is 224 g/mol. The zero-order valence-electron chi connectivity index (χ0n) is 9.17. The molecule has 0 heterocycles. The fourth-order valence-electron chi connectivity index (χ4n) is 2.08. The summed E-state index contributed by atoms with van der Waals surface area (Å²) in [5.74, 6) is 0.893. The maximum Gasteiger partial charge on any atom is 0.0408 e. The van der Waals surface area contributed by atoms with E-state index in [1.165, 1.54) is 18.4 Å². The van der Waals surface area contributed by atoms with Crippen LogP contribution in [0, 0.1) is 5.92 Å². The van der Waals surface area contributed by atoms with Gasteiger partial charge < -0.3 is 5.32 Å². The highest BCUT2D eigenvalue weighted by molar-refractivity contribution is 6.30. The van der Waals surface area contributed by atoms with Crippen LogP contribution in [0.2, 0.25) is 5.02 Å². The van der Waals surface area contributed by atoms with Gasteiger partial charge in [-0.15, -0.1) is 0 Å². The van der Waals surface area contributed by atoms with E-state index in [1.807, 2.05) is 12.1 Å². The van der Waals surface area contributed by atoms with Crippen molar-refractivity contribution in [1.82, 2.24) is 5.32 Å². The van der Waals surface area contributed by atoms with Crippen LogP contribution in [0.1, 0.15) is 25.3 Å². The van der Waals surface area contributed by atoms with Gasteiger partial charge in [0.2, 0.25) is 0 Å².